The van der Waals surface area contributed by atoms with Gasteiger partial charge in [-0.1, -0.05) is 73.5 Å². The molecule has 2 N–H and O–H groups in total. The Balaban J connectivity index is 1.35. The van der Waals surface area contributed by atoms with Gasteiger partial charge in [0, 0.05) is 30.8 Å². The number of nitrogens with one attached hydrogen (secondary N) is 1. The van der Waals surface area contributed by atoms with Crippen LogP contribution in [0.1, 0.15) is 43.7 Å². The number of aromatic nitrogens is 1. The zero-order valence-corrected chi connectivity index (χ0v) is 21.5. The molecule has 1 aliphatic carbocycles. The first kappa shape index (κ1) is 27.0. The number of amides is 2. The maximum absolute atomic E-state index is 13.9. The van der Waals surface area contributed by atoms with Gasteiger partial charge in [-0.15, -0.1) is 0 Å². The Labute approximate surface area is 225 Å². The van der Waals surface area contributed by atoms with Crippen molar-refractivity contribution in [1.29, 1.82) is 0 Å². The zero-order valence-electron chi connectivity index (χ0n) is 21.5. The van der Waals surface area contributed by atoms with Crippen molar-refractivity contribution in [2.45, 2.75) is 56.5 Å². The Morgan fingerprint density at radius 2 is 1.59 bits per heavy atom. The molecule has 9 heteroatoms. The van der Waals surface area contributed by atoms with Crippen LogP contribution in [0, 0.1) is 5.41 Å². The van der Waals surface area contributed by atoms with Crippen LogP contribution in [0.25, 0.3) is 11.1 Å². The van der Waals surface area contributed by atoms with E-state index in [1.807, 2.05) is 36.4 Å². The van der Waals surface area contributed by atoms with E-state index in [0.29, 0.717) is 12.8 Å². The first-order valence-corrected chi connectivity index (χ1v) is 13.3. The number of carbonyl (C=O) groups is 1. The van der Waals surface area contributed by atoms with Gasteiger partial charge in [-0.25, -0.2) is 4.79 Å². The number of pyridine rings is 1. The molecule has 1 saturated heterocycles. The van der Waals surface area contributed by atoms with E-state index in [-0.39, 0.29) is 37.2 Å². The maximum Gasteiger partial charge on any atom is 0.412 e. The number of hydrogen-bond donors (Lipinski definition) is 2. The molecule has 2 fully saturated rings. The molecule has 2 amide bonds. The Morgan fingerprint density at radius 3 is 2.21 bits per heavy atom. The van der Waals surface area contributed by atoms with E-state index in [4.69, 9.17) is 0 Å². The molecule has 2 aliphatic rings. The summed E-state index contributed by atoms with van der Waals surface area (Å²) in [6.07, 6.45) is 0.125. The highest BCUT2D eigenvalue weighted by Gasteiger charge is 2.56. The summed E-state index contributed by atoms with van der Waals surface area (Å²) in [7, 11) is 0. The lowest BCUT2D eigenvalue weighted by atomic mass is 9.66. The molecular weight excluding hydrogens is 507 g/mol. The van der Waals surface area contributed by atoms with Gasteiger partial charge in [-0.05, 0) is 42.0 Å². The summed E-state index contributed by atoms with van der Waals surface area (Å²) in [6.45, 7) is 0.275. The molecule has 5 rings (SSSR count). The molecule has 206 valence electrons. The minimum Gasteiger partial charge on any atom is -0.387 e. The second-order valence-electron chi connectivity index (χ2n) is 10.8. The van der Waals surface area contributed by atoms with Gasteiger partial charge < -0.3 is 19.9 Å². The summed E-state index contributed by atoms with van der Waals surface area (Å²) < 4.78 is 43.1. The summed E-state index contributed by atoms with van der Waals surface area (Å²) in [6, 6.07) is 17.3. The molecule has 0 bridgehead atoms. The van der Waals surface area contributed by atoms with Crippen LogP contribution >= 0.6 is 0 Å². The second-order valence-corrected chi connectivity index (χ2v) is 10.8. The van der Waals surface area contributed by atoms with Crippen molar-refractivity contribution in [3.05, 3.63) is 94.9 Å². The second kappa shape index (κ2) is 10.5. The van der Waals surface area contributed by atoms with Crippen molar-refractivity contribution < 1.29 is 23.1 Å². The van der Waals surface area contributed by atoms with Crippen LogP contribution in [0.4, 0.5) is 18.0 Å². The number of benzene rings is 2. The van der Waals surface area contributed by atoms with Crippen LogP contribution in [-0.4, -0.2) is 45.5 Å². The number of alkyl halides is 3. The van der Waals surface area contributed by atoms with E-state index in [1.54, 1.807) is 18.3 Å². The Hall–Kier alpha value is -3.59. The number of hydrogen-bond acceptors (Lipinski definition) is 3. The summed E-state index contributed by atoms with van der Waals surface area (Å²) in [5, 5.41) is 14.2. The monoisotopic (exact) mass is 539 g/mol. The fraction of sp³-hybridized carbons (Fsp3) is 0.400. The van der Waals surface area contributed by atoms with Crippen LogP contribution in [-0.2, 0) is 6.54 Å². The number of halogens is 3. The molecular formula is C30H32F3N3O3. The van der Waals surface area contributed by atoms with E-state index in [9.17, 15) is 27.9 Å². The van der Waals surface area contributed by atoms with Gasteiger partial charge in [0.05, 0.1) is 12.1 Å². The summed E-state index contributed by atoms with van der Waals surface area (Å²) in [4.78, 5) is 27.6. The number of urea groups is 1. The third-order valence-electron chi connectivity index (χ3n) is 8.39. The maximum atomic E-state index is 13.9. The molecule has 1 aliphatic heterocycles. The Kier molecular flexibility index (Phi) is 7.29. The van der Waals surface area contributed by atoms with Gasteiger partial charge in [-0.2, -0.15) is 13.2 Å². The third-order valence-corrected chi connectivity index (χ3v) is 8.39. The van der Waals surface area contributed by atoms with E-state index in [2.05, 4.69) is 5.32 Å². The number of piperidine rings is 1. The van der Waals surface area contributed by atoms with Crippen LogP contribution < -0.4 is 10.9 Å². The Morgan fingerprint density at radius 1 is 0.949 bits per heavy atom. The average Bonchev–Trinajstić information content (AvgIpc) is 3.40. The lowest BCUT2D eigenvalue weighted by Gasteiger charge is -2.52. The van der Waals surface area contributed by atoms with Crippen molar-refractivity contribution in [3.63, 3.8) is 0 Å². The van der Waals surface area contributed by atoms with Gasteiger partial charge in [0.1, 0.15) is 0 Å². The largest absolute Gasteiger partial charge is 0.412 e. The molecule has 39 heavy (non-hydrogen) atoms. The van der Waals surface area contributed by atoms with Gasteiger partial charge in [0.15, 0.2) is 6.04 Å². The minimum atomic E-state index is -4.66. The van der Waals surface area contributed by atoms with Crippen LogP contribution in [0.15, 0.2) is 83.8 Å². The Bertz CT molecular complexity index is 1350. The predicted molar refractivity (Wildman–Crippen MR) is 142 cm³/mol. The minimum absolute atomic E-state index is 0.0410. The molecule has 2 aromatic carbocycles. The molecule has 3 aromatic rings. The van der Waals surface area contributed by atoms with Crippen LogP contribution in [0.2, 0.25) is 0 Å². The lowest BCUT2D eigenvalue weighted by molar-refractivity contribution is -0.157. The predicted octanol–water partition coefficient (Wildman–Crippen LogP) is 5.53. The summed E-state index contributed by atoms with van der Waals surface area (Å²) in [5.41, 5.74) is -0.569. The molecule has 2 heterocycles. The molecule has 1 spiro atoms. The molecule has 1 unspecified atom stereocenters. The number of likely N-dealkylation sites (tertiary alicyclic amines) is 1. The third kappa shape index (κ3) is 5.45. The number of aliphatic hydroxyl groups is 1. The summed E-state index contributed by atoms with van der Waals surface area (Å²) in [5.74, 6) is 0. The molecule has 1 saturated carbocycles. The molecule has 1 aromatic heterocycles. The van der Waals surface area contributed by atoms with Gasteiger partial charge >= 0.3 is 12.2 Å². The first-order valence-electron chi connectivity index (χ1n) is 13.3. The lowest BCUT2D eigenvalue weighted by Crippen LogP contribution is -2.63. The molecule has 6 nitrogen and oxygen atoms in total. The normalized spacial score (nSPS) is 21.6. The fourth-order valence-corrected chi connectivity index (χ4v) is 6.22. The van der Waals surface area contributed by atoms with E-state index in [0.717, 1.165) is 24.0 Å². The van der Waals surface area contributed by atoms with Crippen molar-refractivity contribution in [2.24, 2.45) is 5.41 Å². The zero-order chi connectivity index (χ0) is 27.7. The SMILES string of the molecule is O=C(N[C@H](c1ccccc1)C(F)(F)F)N1CCC(O)(Cn2ccc(-c3ccccc3)cc2=O)C2(CCCC2)C1. The first-order chi connectivity index (χ1) is 18.6. The summed E-state index contributed by atoms with van der Waals surface area (Å²) >= 11 is 0. The number of rotatable bonds is 5. The van der Waals surface area contributed by atoms with E-state index >= 15 is 0 Å². The standard InChI is InChI=1S/C30H32F3N3O3/c31-30(32,33)26(23-11-5-2-6-12-23)34-27(38)36-18-16-29(39,28(20-36)14-7-8-15-28)21-35-17-13-24(19-25(35)37)22-9-3-1-4-10-22/h1-6,9-13,17,19,26,39H,7-8,14-16,18,20-21H2,(H,34,38)/t26-,29?/m1/s1. The highest BCUT2D eigenvalue weighted by atomic mass is 19.4. The van der Waals surface area contributed by atoms with E-state index in [1.165, 1.54) is 33.7 Å². The molecule has 2 atom stereocenters. The smallest absolute Gasteiger partial charge is 0.387 e. The topological polar surface area (TPSA) is 74.6 Å². The highest BCUT2D eigenvalue weighted by Crippen LogP contribution is 2.51. The van der Waals surface area contributed by atoms with Crippen molar-refractivity contribution in [2.75, 3.05) is 13.1 Å². The molecule has 0 radical (unpaired) electrons. The number of nitrogens with zero attached hydrogens (tertiary/aromatic N) is 2. The van der Waals surface area contributed by atoms with Crippen LogP contribution in [0.5, 0.6) is 0 Å². The van der Waals surface area contributed by atoms with Crippen LogP contribution in [0.3, 0.4) is 0 Å². The van der Waals surface area contributed by atoms with Crippen molar-refractivity contribution in [3.8, 4) is 11.1 Å². The number of carbonyl (C=O) groups excluding carboxylic acids is 1. The van der Waals surface area contributed by atoms with E-state index < -0.39 is 29.3 Å². The van der Waals surface area contributed by atoms with Crippen molar-refractivity contribution in [1.82, 2.24) is 14.8 Å². The highest BCUT2D eigenvalue weighted by molar-refractivity contribution is 5.75. The van der Waals surface area contributed by atoms with Gasteiger partial charge in [0.2, 0.25) is 0 Å². The fourth-order valence-electron chi connectivity index (χ4n) is 6.22. The van der Waals surface area contributed by atoms with Gasteiger partial charge in [-0.3, -0.25) is 4.79 Å². The average molecular weight is 540 g/mol. The quantitative estimate of drug-likeness (QED) is 0.448. The van der Waals surface area contributed by atoms with Crippen molar-refractivity contribution >= 4 is 6.03 Å². The van der Waals surface area contributed by atoms with Gasteiger partial charge in [0.25, 0.3) is 5.56 Å².